The first kappa shape index (κ1) is 19.8. The molecule has 29 heavy (non-hydrogen) atoms. The fourth-order valence-electron chi connectivity index (χ4n) is 3.55. The number of aromatic amines is 1. The molecule has 156 valence electrons. The van der Waals surface area contributed by atoms with Gasteiger partial charge in [-0.15, -0.1) is 15.3 Å². The summed E-state index contributed by atoms with van der Waals surface area (Å²) in [5, 5.41) is 19.9. The Balaban J connectivity index is 1.54. The third-order valence-electron chi connectivity index (χ3n) is 5.32. The first-order valence-corrected chi connectivity index (χ1v) is 10.9. The van der Waals surface area contributed by atoms with E-state index in [1.165, 1.54) is 4.31 Å². The molecular weight excluding hydrogens is 392 g/mol. The maximum absolute atomic E-state index is 13.0. The summed E-state index contributed by atoms with van der Waals surface area (Å²) in [6, 6.07) is 3.65. The van der Waals surface area contributed by atoms with E-state index in [0.717, 1.165) is 11.6 Å². The average molecular weight is 419 g/mol. The summed E-state index contributed by atoms with van der Waals surface area (Å²) in [5.74, 6) is 1.57. The smallest absolute Gasteiger partial charge is 0.246 e. The molecule has 1 N–H and O–H groups in total. The van der Waals surface area contributed by atoms with Crippen LogP contribution in [0.3, 0.4) is 0 Å². The third-order valence-corrected chi connectivity index (χ3v) is 7.49. The number of rotatable bonds is 4. The van der Waals surface area contributed by atoms with E-state index in [1.807, 2.05) is 12.1 Å². The highest BCUT2D eigenvalue weighted by molar-refractivity contribution is 7.89. The van der Waals surface area contributed by atoms with Crippen molar-refractivity contribution >= 4 is 21.5 Å². The van der Waals surface area contributed by atoms with Crippen LogP contribution in [0.4, 0.5) is 5.82 Å². The molecule has 3 aromatic heterocycles. The number of nitrogens with one attached hydrogen (secondary N) is 1. The molecule has 11 heteroatoms. The number of H-pyrrole nitrogens is 1. The van der Waals surface area contributed by atoms with Crippen LogP contribution >= 0.6 is 0 Å². The number of hydrogen-bond donors (Lipinski definition) is 1. The average Bonchev–Trinajstić information content (AvgIpc) is 3.16. The predicted molar refractivity (Wildman–Crippen MR) is 108 cm³/mol. The van der Waals surface area contributed by atoms with Crippen molar-refractivity contribution in [3.8, 4) is 0 Å². The number of sulfonamides is 1. The van der Waals surface area contributed by atoms with Gasteiger partial charge in [-0.05, 0) is 26.0 Å². The summed E-state index contributed by atoms with van der Waals surface area (Å²) in [7, 11) is -1.98. The Kier molecular flexibility index (Phi) is 4.43. The Hall–Kier alpha value is -2.53. The zero-order chi connectivity index (χ0) is 21.1. The molecule has 0 aliphatic carbocycles. The largest absolute Gasteiger partial charge is 0.352 e. The van der Waals surface area contributed by atoms with Crippen LogP contribution in [0.25, 0.3) is 5.65 Å². The second kappa shape index (κ2) is 6.49. The Bertz CT molecular complexity index is 1150. The zero-order valence-electron chi connectivity index (χ0n) is 17.5. The van der Waals surface area contributed by atoms with Crippen LogP contribution in [0.1, 0.15) is 38.0 Å². The van der Waals surface area contributed by atoms with Crippen LogP contribution in [0.5, 0.6) is 0 Å². The predicted octanol–water partition coefficient (Wildman–Crippen LogP) is 1.27. The molecule has 0 unspecified atom stereocenters. The van der Waals surface area contributed by atoms with Crippen LogP contribution < -0.4 is 4.90 Å². The van der Waals surface area contributed by atoms with Crippen LogP contribution in [0.15, 0.2) is 17.0 Å². The van der Waals surface area contributed by atoms with Gasteiger partial charge in [0.1, 0.15) is 10.7 Å². The minimum absolute atomic E-state index is 0.130. The molecule has 0 spiro atoms. The van der Waals surface area contributed by atoms with E-state index in [2.05, 4.69) is 46.1 Å². The van der Waals surface area contributed by atoms with Crippen molar-refractivity contribution in [1.82, 2.24) is 34.3 Å². The molecule has 1 aliphatic heterocycles. The Morgan fingerprint density at radius 3 is 2.45 bits per heavy atom. The van der Waals surface area contributed by atoms with E-state index in [9.17, 15) is 8.42 Å². The summed E-state index contributed by atoms with van der Waals surface area (Å²) in [4.78, 5) is 2.31. The molecular formula is C18H26N8O2S. The van der Waals surface area contributed by atoms with Gasteiger partial charge in [-0.1, -0.05) is 20.8 Å². The molecule has 1 aliphatic rings. The number of fused-ring (bicyclic) bond motifs is 1. The monoisotopic (exact) mass is 418 g/mol. The standard InChI is InChI=1S/C18H26N8O2S/c1-11-16(12(2)20-19-11)29(27,28)24(6)13-9-25(10-13)15-8-7-14-21-22-17(18(3,4)5)26(14)23-15/h7-8,13H,9-10H2,1-6H3,(H,19,20). The maximum atomic E-state index is 13.0. The quantitative estimate of drug-likeness (QED) is 0.679. The summed E-state index contributed by atoms with van der Waals surface area (Å²) in [6.07, 6.45) is 0. The third kappa shape index (κ3) is 3.18. The summed E-state index contributed by atoms with van der Waals surface area (Å²) < 4.78 is 29.2. The summed E-state index contributed by atoms with van der Waals surface area (Å²) in [5.41, 5.74) is 1.55. The number of likely N-dealkylation sites (N-methyl/N-ethyl adjacent to an activating group) is 1. The van der Waals surface area contributed by atoms with Crippen molar-refractivity contribution < 1.29 is 8.42 Å². The Morgan fingerprint density at radius 2 is 1.86 bits per heavy atom. The van der Waals surface area contributed by atoms with Gasteiger partial charge in [0, 0.05) is 25.6 Å². The fraction of sp³-hybridized carbons (Fsp3) is 0.556. The number of anilines is 1. The minimum atomic E-state index is -3.61. The van der Waals surface area contributed by atoms with Crippen LogP contribution in [-0.4, -0.2) is 68.9 Å². The maximum Gasteiger partial charge on any atom is 0.246 e. The molecule has 0 atom stereocenters. The van der Waals surface area contributed by atoms with Crippen molar-refractivity contribution in [2.45, 2.75) is 51.0 Å². The molecule has 4 heterocycles. The van der Waals surface area contributed by atoms with Gasteiger partial charge in [0.2, 0.25) is 10.0 Å². The minimum Gasteiger partial charge on any atom is -0.352 e. The van der Waals surface area contributed by atoms with E-state index < -0.39 is 10.0 Å². The Labute approximate surface area is 170 Å². The van der Waals surface area contributed by atoms with Crippen LogP contribution in [-0.2, 0) is 15.4 Å². The van der Waals surface area contributed by atoms with E-state index in [0.29, 0.717) is 30.1 Å². The summed E-state index contributed by atoms with van der Waals surface area (Å²) >= 11 is 0. The number of aromatic nitrogens is 6. The lowest BCUT2D eigenvalue weighted by atomic mass is 9.96. The highest BCUT2D eigenvalue weighted by Crippen LogP contribution is 2.28. The normalized spacial score (nSPS) is 16.0. The van der Waals surface area contributed by atoms with E-state index in [1.54, 1.807) is 25.4 Å². The van der Waals surface area contributed by atoms with Gasteiger partial charge >= 0.3 is 0 Å². The van der Waals surface area contributed by atoms with E-state index in [4.69, 9.17) is 5.10 Å². The van der Waals surface area contributed by atoms with Crippen molar-refractivity contribution in [1.29, 1.82) is 0 Å². The van der Waals surface area contributed by atoms with Crippen molar-refractivity contribution in [3.63, 3.8) is 0 Å². The first-order valence-electron chi connectivity index (χ1n) is 9.47. The van der Waals surface area contributed by atoms with Gasteiger partial charge in [0.25, 0.3) is 0 Å². The zero-order valence-corrected chi connectivity index (χ0v) is 18.3. The molecule has 0 bridgehead atoms. The van der Waals surface area contributed by atoms with Crippen molar-refractivity contribution in [3.05, 3.63) is 29.3 Å². The highest BCUT2D eigenvalue weighted by atomic mass is 32.2. The first-order chi connectivity index (χ1) is 13.5. The molecule has 0 amide bonds. The lowest BCUT2D eigenvalue weighted by molar-refractivity contribution is 0.308. The molecule has 1 fully saturated rings. The van der Waals surface area contributed by atoms with Gasteiger partial charge in [-0.3, -0.25) is 5.10 Å². The lowest BCUT2D eigenvalue weighted by Gasteiger charge is -2.43. The topological polar surface area (TPSA) is 112 Å². The number of nitrogens with zero attached hydrogens (tertiary/aromatic N) is 7. The van der Waals surface area contributed by atoms with E-state index in [-0.39, 0.29) is 16.4 Å². The van der Waals surface area contributed by atoms with Gasteiger partial charge in [0.05, 0.1) is 17.4 Å². The highest BCUT2D eigenvalue weighted by Gasteiger charge is 2.39. The second-order valence-corrected chi connectivity index (χ2v) is 10.5. The summed E-state index contributed by atoms with van der Waals surface area (Å²) in [6.45, 7) is 10.8. The second-order valence-electron chi connectivity index (χ2n) is 8.58. The molecule has 3 aromatic rings. The lowest BCUT2D eigenvalue weighted by Crippen LogP contribution is -2.60. The van der Waals surface area contributed by atoms with Crippen molar-refractivity contribution in [2.75, 3.05) is 25.0 Å². The number of hydrogen-bond acceptors (Lipinski definition) is 7. The molecule has 10 nitrogen and oxygen atoms in total. The SMILES string of the molecule is Cc1n[nH]c(C)c1S(=O)(=O)N(C)C1CN(c2ccc3nnc(C(C)(C)C)n3n2)C1. The fourth-order valence-corrected chi connectivity index (χ4v) is 5.21. The van der Waals surface area contributed by atoms with Gasteiger partial charge in [-0.2, -0.15) is 13.9 Å². The van der Waals surface area contributed by atoms with Crippen molar-refractivity contribution in [2.24, 2.45) is 0 Å². The van der Waals surface area contributed by atoms with Gasteiger partial charge in [0.15, 0.2) is 11.5 Å². The Morgan fingerprint density at radius 1 is 1.17 bits per heavy atom. The molecule has 0 aromatic carbocycles. The van der Waals surface area contributed by atoms with Gasteiger partial charge < -0.3 is 4.90 Å². The number of aryl methyl sites for hydroxylation is 2. The van der Waals surface area contributed by atoms with Gasteiger partial charge in [-0.25, -0.2) is 8.42 Å². The van der Waals surface area contributed by atoms with Crippen LogP contribution in [0, 0.1) is 13.8 Å². The molecule has 1 saturated heterocycles. The van der Waals surface area contributed by atoms with Crippen LogP contribution in [0.2, 0.25) is 0 Å². The molecule has 4 rings (SSSR count). The van der Waals surface area contributed by atoms with E-state index >= 15 is 0 Å². The molecule has 0 saturated carbocycles. The molecule has 0 radical (unpaired) electrons.